The van der Waals surface area contributed by atoms with Gasteiger partial charge in [0.25, 0.3) is 11.6 Å². The molecule has 0 aliphatic rings. The van der Waals surface area contributed by atoms with E-state index in [4.69, 9.17) is 46.4 Å². The van der Waals surface area contributed by atoms with Crippen LogP contribution in [0.4, 0.5) is 5.69 Å². The molecule has 3 aromatic carbocycles. The van der Waals surface area contributed by atoms with Gasteiger partial charge in [-0.2, -0.15) is 0 Å². The third-order valence-electron chi connectivity index (χ3n) is 4.67. The van der Waals surface area contributed by atoms with Crippen LogP contribution >= 0.6 is 46.4 Å². The van der Waals surface area contributed by atoms with E-state index in [2.05, 4.69) is 0 Å². The Hall–Kier alpha value is -2.31. The minimum absolute atomic E-state index is 0.00730. The van der Waals surface area contributed by atoms with Gasteiger partial charge < -0.3 is 4.90 Å². The van der Waals surface area contributed by atoms with Crippen molar-refractivity contribution in [2.75, 3.05) is 6.54 Å². The number of hydrogen-bond acceptors (Lipinski definition) is 3. The summed E-state index contributed by atoms with van der Waals surface area (Å²) in [7, 11) is 0. The van der Waals surface area contributed by atoms with Crippen molar-refractivity contribution in [2.24, 2.45) is 0 Å². The summed E-state index contributed by atoms with van der Waals surface area (Å²) >= 11 is 24.7. The molecular weight excluding hydrogens is 482 g/mol. The summed E-state index contributed by atoms with van der Waals surface area (Å²) < 4.78 is 0. The van der Waals surface area contributed by atoms with E-state index in [1.807, 2.05) is 18.2 Å². The van der Waals surface area contributed by atoms with Crippen LogP contribution < -0.4 is 0 Å². The first-order valence-corrected chi connectivity index (χ1v) is 10.7. The third-order valence-corrected chi connectivity index (χ3v) is 5.93. The van der Waals surface area contributed by atoms with Crippen molar-refractivity contribution in [3.8, 4) is 0 Å². The fourth-order valence-corrected chi connectivity index (χ4v) is 3.98. The van der Waals surface area contributed by atoms with Crippen LogP contribution in [0.25, 0.3) is 0 Å². The Labute approximate surface area is 199 Å². The minimum Gasteiger partial charge on any atom is -0.334 e. The first-order chi connectivity index (χ1) is 14.8. The summed E-state index contributed by atoms with van der Waals surface area (Å²) in [5.41, 5.74) is 1.57. The topological polar surface area (TPSA) is 63.4 Å². The van der Waals surface area contributed by atoms with Gasteiger partial charge in [0.1, 0.15) is 0 Å². The van der Waals surface area contributed by atoms with Crippen molar-refractivity contribution in [3.63, 3.8) is 0 Å². The van der Waals surface area contributed by atoms with Gasteiger partial charge in [0, 0.05) is 40.3 Å². The Balaban J connectivity index is 1.90. The van der Waals surface area contributed by atoms with Crippen molar-refractivity contribution >= 4 is 58.0 Å². The lowest BCUT2D eigenvalue weighted by Crippen LogP contribution is -2.33. The van der Waals surface area contributed by atoms with E-state index in [-0.39, 0.29) is 28.7 Å². The van der Waals surface area contributed by atoms with Crippen LogP contribution in [0.3, 0.4) is 0 Å². The first-order valence-electron chi connectivity index (χ1n) is 9.17. The van der Waals surface area contributed by atoms with Crippen LogP contribution in [0.1, 0.15) is 21.5 Å². The smallest absolute Gasteiger partial charge is 0.270 e. The van der Waals surface area contributed by atoms with E-state index >= 15 is 0 Å². The zero-order valence-corrected chi connectivity index (χ0v) is 19.0. The number of nitro benzene ring substituents is 1. The Morgan fingerprint density at radius 1 is 0.871 bits per heavy atom. The van der Waals surface area contributed by atoms with Crippen molar-refractivity contribution in [1.29, 1.82) is 0 Å². The lowest BCUT2D eigenvalue weighted by Gasteiger charge is -2.24. The Kier molecular flexibility index (Phi) is 7.79. The Morgan fingerprint density at radius 2 is 1.61 bits per heavy atom. The molecule has 160 valence electrons. The van der Waals surface area contributed by atoms with Gasteiger partial charge in [0.2, 0.25) is 0 Å². The van der Waals surface area contributed by atoms with E-state index in [0.717, 1.165) is 11.1 Å². The highest BCUT2D eigenvalue weighted by molar-refractivity contribution is 6.35. The summed E-state index contributed by atoms with van der Waals surface area (Å²) in [6.45, 7) is 0.551. The number of rotatable bonds is 7. The molecule has 0 unspecified atom stereocenters. The standard InChI is InChI=1S/C22H16Cl4N2O3/c23-16-6-5-14(20(25)11-16)9-10-27(13-15-3-1-2-4-19(15)24)22(29)18-8-7-17(28(30)31)12-21(18)26/h1-8,11-12H,9-10,13H2. The van der Waals surface area contributed by atoms with E-state index in [0.29, 0.717) is 28.0 Å². The van der Waals surface area contributed by atoms with Gasteiger partial charge in [-0.15, -0.1) is 0 Å². The van der Waals surface area contributed by atoms with Crippen LogP contribution in [0.15, 0.2) is 60.7 Å². The van der Waals surface area contributed by atoms with E-state index in [1.165, 1.54) is 18.2 Å². The summed E-state index contributed by atoms with van der Waals surface area (Å²) in [4.78, 5) is 25.3. The second-order valence-electron chi connectivity index (χ2n) is 6.73. The first kappa shape index (κ1) is 23.4. The highest BCUT2D eigenvalue weighted by atomic mass is 35.5. The van der Waals surface area contributed by atoms with Crippen molar-refractivity contribution in [2.45, 2.75) is 13.0 Å². The van der Waals surface area contributed by atoms with Crippen molar-refractivity contribution in [3.05, 3.63) is 108 Å². The number of nitro groups is 1. The maximum Gasteiger partial charge on any atom is 0.270 e. The molecule has 0 spiro atoms. The van der Waals surface area contributed by atoms with E-state index in [9.17, 15) is 14.9 Å². The number of amides is 1. The fraction of sp³-hybridized carbons (Fsp3) is 0.136. The van der Waals surface area contributed by atoms with Crippen LogP contribution in [0, 0.1) is 10.1 Å². The Bertz CT molecular complexity index is 1140. The van der Waals surface area contributed by atoms with Crippen LogP contribution in [-0.2, 0) is 13.0 Å². The average molecular weight is 498 g/mol. The molecule has 0 saturated heterocycles. The number of non-ortho nitro benzene ring substituents is 1. The summed E-state index contributed by atoms with van der Waals surface area (Å²) in [5.74, 6) is -0.370. The molecule has 5 nitrogen and oxygen atoms in total. The maximum absolute atomic E-state index is 13.3. The highest BCUT2D eigenvalue weighted by Gasteiger charge is 2.22. The molecule has 0 saturated carbocycles. The van der Waals surface area contributed by atoms with E-state index in [1.54, 1.807) is 29.2 Å². The zero-order valence-electron chi connectivity index (χ0n) is 16.0. The molecule has 3 rings (SSSR count). The van der Waals surface area contributed by atoms with Crippen LogP contribution in [-0.4, -0.2) is 22.3 Å². The quantitative estimate of drug-likeness (QED) is 0.258. The predicted molar refractivity (Wildman–Crippen MR) is 124 cm³/mol. The minimum atomic E-state index is -0.565. The average Bonchev–Trinajstić information content (AvgIpc) is 2.73. The molecule has 0 aliphatic carbocycles. The second-order valence-corrected chi connectivity index (χ2v) is 8.38. The monoisotopic (exact) mass is 496 g/mol. The molecule has 0 aromatic heterocycles. The second kappa shape index (κ2) is 10.3. The molecule has 0 radical (unpaired) electrons. The summed E-state index contributed by atoms with van der Waals surface area (Å²) in [6.07, 6.45) is 0.469. The number of benzene rings is 3. The van der Waals surface area contributed by atoms with Crippen molar-refractivity contribution in [1.82, 2.24) is 4.90 Å². The Morgan fingerprint density at radius 3 is 2.26 bits per heavy atom. The van der Waals surface area contributed by atoms with Gasteiger partial charge in [-0.3, -0.25) is 14.9 Å². The molecule has 3 aromatic rings. The number of nitrogens with zero attached hydrogens (tertiary/aromatic N) is 2. The van der Waals surface area contributed by atoms with Gasteiger partial charge >= 0.3 is 0 Å². The van der Waals surface area contributed by atoms with Gasteiger partial charge in [-0.1, -0.05) is 70.7 Å². The molecule has 0 fully saturated rings. The van der Waals surface area contributed by atoms with Crippen molar-refractivity contribution < 1.29 is 9.72 Å². The molecule has 0 bridgehead atoms. The molecule has 0 atom stereocenters. The molecule has 1 amide bonds. The summed E-state index contributed by atoms with van der Waals surface area (Å²) in [6, 6.07) is 16.2. The van der Waals surface area contributed by atoms with Gasteiger partial charge in [-0.05, 0) is 41.8 Å². The number of carbonyl (C=O) groups excluding carboxylic acids is 1. The van der Waals surface area contributed by atoms with Gasteiger partial charge in [0.15, 0.2) is 0 Å². The molecule has 0 aliphatic heterocycles. The number of hydrogen-bond donors (Lipinski definition) is 0. The van der Waals surface area contributed by atoms with Gasteiger partial charge in [-0.25, -0.2) is 0 Å². The largest absolute Gasteiger partial charge is 0.334 e. The van der Waals surface area contributed by atoms with Crippen LogP contribution in [0.5, 0.6) is 0 Å². The van der Waals surface area contributed by atoms with Gasteiger partial charge in [0.05, 0.1) is 15.5 Å². The maximum atomic E-state index is 13.3. The molecule has 31 heavy (non-hydrogen) atoms. The fourth-order valence-electron chi connectivity index (χ4n) is 3.03. The molecule has 0 N–H and O–H groups in total. The van der Waals surface area contributed by atoms with Crippen LogP contribution in [0.2, 0.25) is 20.1 Å². The lowest BCUT2D eigenvalue weighted by atomic mass is 10.1. The predicted octanol–water partition coefficient (Wildman–Crippen LogP) is 7.09. The third kappa shape index (κ3) is 5.89. The zero-order chi connectivity index (χ0) is 22.5. The lowest BCUT2D eigenvalue weighted by molar-refractivity contribution is -0.384. The molecular formula is C22H16Cl4N2O3. The highest BCUT2D eigenvalue weighted by Crippen LogP contribution is 2.26. The summed E-state index contributed by atoms with van der Waals surface area (Å²) in [5, 5.41) is 12.5. The SMILES string of the molecule is O=C(c1ccc([N+](=O)[O-])cc1Cl)N(CCc1ccc(Cl)cc1Cl)Cc1ccccc1Cl. The molecule has 0 heterocycles. The molecule has 9 heteroatoms. The number of halogens is 4. The number of carbonyl (C=O) groups is 1. The normalized spacial score (nSPS) is 10.7. The van der Waals surface area contributed by atoms with E-state index < -0.39 is 4.92 Å².